The van der Waals surface area contributed by atoms with Gasteiger partial charge in [-0.2, -0.15) is 0 Å². The number of aryl methyl sites for hydroxylation is 1. The number of urea groups is 1. The lowest BCUT2D eigenvalue weighted by atomic mass is 10.1. The largest absolute Gasteiger partial charge is 0.328 e. The average molecular weight is 234 g/mol. The number of unbranched alkanes of at least 4 members (excludes halogenated alkanes) is 1. The summed E-state index contributed by atoms with van der Waals surface area (Å²) in [6.45, 7) is 5.01. The molecule has 1 rings (SSSR count). The molecule has 0 unspecified atom stereocenters. The first-order valence-electron chi connectivity index (χ1n) is 6.29. The number of amides is 2. The predicted octanol–water partition coefficient (Wildman–Crippen LogP) is 3.51. The Kier molecular flexibility index (Phi) is 5.53. The molecule has 0 aliphatic carbocycles. The van der Waals surface area contributed by atoms with Crippen LogP contribution in [-0.4, -0.2) is 24.5 Å². The summed E-state index contributed by atoms with van der Waals surface area (Å²) in [5.41, 5.74) is 2.09. The Bertz CT molecular complexity index is 363. The summed E-state index contributed by atoms with van der Waals surface area (Å²) in [5.74, 6) is 0. The van der Waals surface area contributed by atoms with Crippen molar-refractivity contribution in [1.82, 2.24) is 4.90 Å². The lowest BCUT2D eigenvalue weighted by Gasteiger charge is -2.18. The summed E-state index contributed by atoms with van der Waals surface area (Å²) in [4.78, 5) is 13.6. The zero-order valence-corrected chi connectivity index (χ0v) is 11.0. The lowest BCUT2D eigenvalue weighted by Crippen LogP contribution is -2.32. The first kappa shape index (κ1) is 13.6. The van der Waals surface area contributed by atoms with Crippen molar-refractivity contribution in [3.8, 4) is 0 Å². The summed E-state index contributed by atoms with van der Waals surface area (Å²) in [5, 5.41) is 2.96. The Hall–Kier alpha value is -1.51. The molecule has 3 heteroatoms. The monoisotopic (exact) mass is 234 g/mol. The predicted molar refractivity (Wildman–Crippen MR) is 72.4 cm³/mol. The van der Waals surface area contributed by atoms with Crippen molar-refractivity contribution in [3.05, 3.63) is 29.8 Å². The van der Waals surface area contributed by atoms with Gasteiger partial charge in [0.1, 0.15) is 0 Å². The van der Waals surface area contributed by atoms with E-state index in [-0.39, 0.29) is 6.03 Å². The molecule has 0 saturated heterocycles. The van der Waals surface area contributed by atoms with Gasteiger partial charge in [0.15, 0.2) is 0 Å². The number of para-hydroxylation sites is 1. The second-order valence-corrected chi connectivity index (χ2v) is 4.22. The van der Waals surface area contributed by atoms with Crippen LogP contribution < -0.4 is 5.32 Å². The molecule has 17 heavy (non-hydrogen) atoms. The highest BCUT2D eigenvalue weighted by atomic mass is 16.2. The minimum atomic E-state index is -0.0284. The first-order chi connectivity index (χ1) is 8.19. The molecule has 0 spiro atoms. The number of rotatable bonds is 5. The van der Waals surface area contributed by atoms with E-state index >= 15 is 0 Å². The standard InChI is InChI=1S/C14H22N2O/c1-4-6-11-16(3)14(17)15-13-10-8-7-9-12(13)5-2/h7-10H,4-6,11H2,1-3H3,(H,15,17). The van der Waals surface area contributed by atoms with Crippen LogP contribution in [0, 0.1) is 0 Å². The van der Waals surface area contributed by atoms with Crippen molar-refractivity contribution in [2.45, 2.75) is 33.1 Å². The van der Waals surface area contributed by atoms with Gasteiger partial charge in [-0.25, -0.2) is 4.79 Å². The van der Waals surface area contributed by atoms with Gasteiger partial charge in [0, 0.05) is 19.3 Å². The third kappa shape index (κ3) is 4.10. The molecule has 0 fully saturated rings. The van der Waals surface area contributed by atoms with Crippen LogP contribution in [0.5, 0.6) is 0 Å². The molecule has 0 aliphatic heterocycles. The molecule has 1 aromatic carbocycles. The number of benzene rings is 1. The summed E-state index contributed by atoms with van der Waals surface area (Å²) >= 11 is 0. The number of carbonyl (C=O) groups is 1. The molecule has 0 bridgehead atoms. The number of anilines is 1. The molecule has 2 amide bonds. The molecule has 0 atom stereocenters. The van der Waals surface area contributed by atoms with Gasteiger partial charge in [0.25, 0.3) is 0 Å². The molecule has 0 heterocycles. The van der Waals surface area contributed by atoms with Crippen LogP contribution in [0.1, 0.15) is 32.3 Å². The van der Waals surface area contributed by atoms with Crippen molar-refractivity contribution < 1.29 is 4.79 Å². The highest BCUT2D eigenvalue weighted by molar-refractivity contribution is 5.89. The van der Waals surface area contributed by atoms with E-state index in [0.717, 1.165) is 31.5 Å². The van der Waals surface area contributed by atoms with Crippen molar-refractivity contribution in [3.63, 3.8) is 0 Å². The number of carbonyl (C=O) groups excluding carboxylic acids is 1. The number of nitrogens with one attached hydrogen (secondary N) is 1. The fourth-order valence-electron chi connectivity index (χ4n) is 1.66. The molecule has 0 radical (unpaired) electrons. The van der Waals surface area contributed by atoms with Crippen LogP contribution in [0.3, 0.4) is 0 Å². The van der Waals surface area contributed by atoms with Gasteiger partial charge in [-0.15, -0.1) is 0 Å². The van der Waals surface area contributed by atoms with Crippen molar-refractivity contribution in [2.75, 3.05) is 18.9 Å². The lowest BCUT2D eigenvalue weighted by molar-refractivity contribution is 0.222. The SMILES string of the molecule is CCCCN(C)C(=O)Nc1ccccc1CC. The maximum absolute atomic E-state index is 11.9. The molecular weight excluding hydrogens is 212 g/mol. The quantitative estimate of drug-likeness (QED) is 0.830. The molecule has 0 saturated carbocycles. The molecule has 0 aliphatic rings. The third-order valence-corrected chi connectivity index (χ3v) is 2.83. The van der Waals surface area contributed by atoms with Crippen LogP contribution in [-0.2, 0) is 6.42 Å². The van der Waals surface area contributed by atoms with Crippen LogP contribution in [0.25, 0.3) is 0 Å². The first-order valence-corrected chi connectivity index (χ1v) is 6.29. The summed E-state index contributed by atoms with van der Waals surface area (Å²) in [6.07, 6.45) is 3.07. The number of nitrogens with zero attached hydrogens (tertiary/aromatic N) is 1. The van der Waals surface area contributed by atoms with E-state index in [0.29, 0.717) is 0 Å². The topological polar surface area (TPSA) is 32.3 Å². The minimum Gasteiger partial charge on any atom is -0.328 e. The maximum Gasteiger partial charge on any atom is 0.321 e. The van der Waals surface area contributed by atoms with E-state index in [2.05, 4.69) is 19.2 Å². The van der Waals surface area contributed by atoms with Gasteiger partial charge in [0.2, 0.25) is 0 Å². The summed E-state index contributed by atoms with van der Waals surface area (Å²) in [7, 11) is 1.83. The van der Waals surface area contributed by atoms with E-state index in [9.17, 15) is 4.79 Å². The van der Waals surface area contributed by atoms with Crippen LogP contribution >= 0.6 is 0 Å². The average Bonchev–Trinajstić information content (AvgIpc) is 2.36. The Morgan fingerprint density at radius 1 is 1.29 bits per heavy atom. The van der Waals surface area contributed by atoms with Gasteiger partial charge in [-0.3, -0.25) is 0 Å². The highest BCUT2D eigenvalue weighted by Crippen LogP contribution is 2.15. The van der Waals surface area contributed by atoms with E-state index in [1.165, 1.54) is 5.56 Å². The van der Waals surface area contributed by atoms with E-state index < -0.39 is 0 Å². The smallest absolute Gasteiger partial charge is 0.321 e. The zero-order valence-electron chi connectivity index (χ0n) is 11.0. The fraction of sp³-hybridized carbons (Fsp3) is 0.500. The van der Waals surface area contributed by atoms with E-state index in [4.69, 9.17) is 0 Å². The molecule has 1 N–H and O–H groups in total. The number of hydrogen-bond donors (Lipinski definition) is 1. The Morgan fingerprint density at radius 2 is 2.00 bits per heavy atom. The van der Waals surface area contributed by atoms with E-state index in [1.807, 2.05) is 31.3 Å². The fourth-order valence-corrected chi connectivity index (χ4v) is 1.66. The Labute approximate surface area is 104 Å². The minimum absolute atomic E-state index is 0.0284. The summed E-state index contributed by atoms with van der Waals surface area (Å²) in [6, 6.07) is 7.90. The van der Waals surface area contributed by atoms with E-state index in [1.54, 1.807) is 4.90 Å². The molecule has 1 aromatic rings. The van der Waals surface area contributed by atoms with Crippen LogP contribution in [0.2, 0.25) is 0 Å². The Balaban J connectivity index is 2.61. The second kappa shape index (κ2) is 6.94. The highest BCUT2D eigenvalue weighted by Gasteiger charge is 2.09. The second-order valence-electron chi connectivity index (χ2n) is 4.22. The molecule has 0 aromatic heterocycles. The van der Waals surface area contributed by atoms with Crippen molar-refractivity contribution >= 4 is 11.7 Å². The number of hydrogen-bond acceptors (Lipinski definition) is 1. The third-order valence-electron chi connectivity index (χ3n) is 2.83. The molecule has 94 valence electrons. The molecule has 3 nitrogen and oxygen atoms in total. The summed E-state index contributed by atoms with van der Waals surface area (Å²) < 4.78 is 0. The van der Waals surface area contributed by atoms with Gasteiger partial charge >= 0.3 is 6.03 Å². The Morgan fingerprint density at radius 3 is 2.65 bits per heavy atom. The molecular formula is C14H22N2O. The van der Waals surface area contributed by atoms with Gasteiger partial charge in [0.05, 0.1) is 0 Å². The van der Waals surface area contributed by atoms with Crippen molar-refractivity contribution in [1.29, 1.82) is 0 Å². The van der Waals surface area contributed by atoms with Crippen LogP contribution in [0.4, 0.5) is 10.5 Å². The van der Waals surface area contributed by atoms with Crippen LogP contribution in [0.15, 0.2) is 24.3 Å². The van der Waals surface area contributed by atoms with Crippen molar-refractivity contribution in [2.24, 2.45) is 0 Å². The normalized spacial score (nSPS) is 10.1. The van der Waals surface area contributed by atoms with Gasteiger partial charge in [-0.1, -0.05) is 38.5 Å². The van der Waals surface area contributed by atoms with Gasteiger partial charge in [-0.05, 0) is 24.5 Å². The van der Waals surface area contributed by atoms with Gasteiger partial charge < -0.3 is 10.2 Å². The zero-order chi connectivity index (χ0) is 12.7. The maximum atomic E-state index is 11.9.